The van der Waals surface area contributed by atoms with Crippen LogP contribution in [0, 0.1) is 6.92 Å². The summed E-state index contributed by atoms with van der Waals surface area (Å²) < 4.78 is 5.24. The first-order valence-corrected chi connectivity index (χ1v) is 8.07. The fourth-order valence-corrected chi connectivity index (χ4v) is 3.03. The molecular formula is C15H28N2O2S. The highest BCUT2D eigenvalue weighted by Crippen LogP contribution is 2.32. The van der Waals surface area contributed by atoms with Gasteiger partial charge >= 0.3 is 0 Å². The maximum absolute atomic E-state index is 8.61. The van der Waals surface area contributed by atoms with Gasteiger partial charge in [-0.3, -0.25) is 0 Å². The summed E-state index contributed by atoms with van der Waals surface area (Å²) in [6, 6.07) is 0.321. The molecule has 0 aromatic carbocycles. The number of hydrogen-bond donors (Lipinski definition) is 2. The molecule has 1 atom stereocenters. The molecule has 2 N–H and O–H groups in total. The van der Waals surface area contributed by atoms with Crippen LogP contribution in [0.25, 0.3) is 0 Å². The van der Waals surface area contributed by atoms with Crippen LogP contribution < -0.4 is 5.32 Å². The van der Waals surface area contributed by atoms with Gasteiger partial charge in [0.15, 0.2) is 0 Å². The number of thiazole rings is 1. The van der Waals surface area contributed by atoms with E-state index in [-0.39, 0.29) is 12.0 Å². The maximum atomic E-state index is 8.61. The Morgan fingerprint density at radius 3 is 2.60 bits per heavy atom. The molecule has 116 valence electrons. The van der Waals surface area contributed by atoms with Gasteiger partial charge in [-0.25, -0.2) is 4.98 Å². The van der Waals surface area contributed by atoms with Gasteiger partial charge in [-0.1, -0.05) is 20.8 Å². The van der Waals surface area contributed by atoms with Gasteiger partial charge in [0.1, 0.15) is 0 Å². The molecule has 1 unspecified atom stereocenters. The van der Waals surface area contributed by atoms with Crippen molar-refractivity contribution in [1.82, 2.24) is 10.3 Å². The van der Waals surface area contributed by atoms with E-state index in [1.807, 2.05) is 11.3 Å². The van der Waals surface area contributed by atoms with E-state index in [0.717, 1.165) is 18.7 Å². The van der Waals surface area contributed by atoms with Crippen LogP contribution in [0.4, 0.5) is 0 Å². The summed E-state index contributed by atoms with van der Waals surface area (Å²) in [7, 11) is 0. The van der Waals surface area contributed by atoms with Crippen molar-refractivity contribution in [3.63, 3.8) is 0 Å². The van der Waals surface area contributed by atoms with Crippen LogP contribution in [0.5, 0.6) is 0 Å². The summed E-state index contributed by atoms with van der Waals surface area (Å²) in [6.07, 6.45) is 0.953. The molecule has 1 aromatic rings. The first-order chi connectivity index (χ1) is 9.36. The first kappa shape index (κ1) is 17.6. The zero-order chi connectivity index (χ0) is 15.2. The third kappa shape index (κ3) is 5.48. The van der Waals surface area contributed by atoms with Crippen molar-refractivity contribution < 1.29 is 9.84 Å². The highest BCUT2D eigenvalue weighted by Gasteiger charge is 2.22. The number of aliphatic hydroxyl groups excluding tert-OH is 1. The molecule has 4 nitrogen and oxygen atoms in total. The van der Waals surface area contributed by atoms with Gasteiger partial charge in [0.05, 0.1) is 23.9 Å². The normalized spacial score (nSPS) is 13.7. The molecule has 0 fully saturated rings. The minimum absolute atomic E-state index is 0.0967. The second-order valence-corrected chi connectivity index (χ2v) is 7.11. The summed E-state index contributed by atoms with van der Waals surface area (Å²) in [4.78, 5) is 6.02. The molecule has 0 spiro atoms. The smallest absolute Gasteiger partial charge is 0.0985 e. The maximum Gasteiger partial charge on any atom is 0.0985 e. The Morgan fingerprint density at radius 1 is 1.35 bits per heavy atom. The van der Waals surface area contributed by atoms with Crippen molar-refractivity contribution in [3.8, 4) is 0 Å². The van der Waals surface area contributed by atoms with Gasteiger partial charge in [0.25, 0.3) is 0 Å². The lowest BCUT2D eigenvalue weighted by molar-refractivity contribution is 0.0904. The van der Waals surface area contributed by atoms with E-state index in [2.05, 4.69) is 39.9 Å². The van der Waals surface area contributed by atoms with Crippen molar-refractivity contribution in [1.29, 1.82) is 0 Å². The second-order valence-electron chi connectivity index (χ2n) is 6.08. The van der Waals surface area contributed by atoms with Crippen molar-refractivity contribution >= 4 is 11.3 Å². The highest BCUT2D eigenvalue weighted by molar-refractivity contribution is 7.12. The Morgan fingerprint density at radius 2 is 2.05 bits per heavy atom. The Balaban J connectivity index is 2.43. The van der Waals surface area contributed by atoms with Gasteiger partial charge in [0.2, 0.25) is 0 Å². The van der Waals surface area contributed by atoms with Crippen LogP contribution in [0.2, 0.25) is 0 Å². The van der Waals surface area contributed by atoms with Crippen LogP contribution in [0.3, 0.4) is 0 Å². The minimum atomic E-state index is 0.0967. The average molecular weight is 300 g/mol. The van der Waals surface area contributed by atoms with Gasteiger partial charge in [0, 0.05) is 22.9 Å². The molecular weight excluding hydrogens is 272 g/mol. The fourth-order valence-electron chi connectivity index (χ4n) is 1.88. The summed E-state index contributed by atoms with van der Waals surface area (Å²) in [5.41, 5.74) is 1.25. The SMILES string of the molecule is Cc1nc(C(C)(C)C)sc1C(C)NCCCOCCO. The highest BCUT2D eigenvalue weighted by atomic mass is 32.1. The van der Waals surface area contributed by atoms with E-state index in [1.165, 1.54) is 9.88 Å². The number of nitrogens with zero attached hydrogens (tertiary/aromatic N) is 1. The van der Waals surface area contributed by atoms with E-state index in [0.29, 0.717) is 19.3 Å². The molecule has 0 saturated heterocycles. The fraction of sp³-hybridized carbons (Fsp3) is 0.800. The molecule has 0 amide bonds. The number of hydrogen-bond acceptors (Lipinski definition) is 5. The third-order valence-electron chi connectivity index (χ3n) is 3.02. The molecule has 0 radical (unpaired) electrons. The molecule has 5 heteroatoms. The number of aryl methyl sites for hydroxylation is 1. The molecule has 1 heterocycles. The second kappa shape index (κ2) is 8.08. The number of ether oxygens (including phenoxy) is 1. The van der Waals surface area contributed by atoms with Crippen LogP contribution in [0.15, 0.2) is 0 Å². The van der Waals surface area contributed by atoms with E-state index in [1.54, 1.807) is 0 Å². The van der Waals surface area contributed by atoms with Crippen molar-refractivity contribution in [2.45, 2.75) is 52.5 Å². The average Bonchev–Trinajstić information content (AvgIpc) is 2.75. The van der Waals surface area contributed by atoms with Gasteiger partial charge < -0.3 is 15.2 Å². The predicted octanol–water partition coefficient (Wildman–Crippen LogP) is 2.80. The van der Waals surface area contributed by atoms with E-state index < -0.39 is 0 Å². The van der Waals surface area contributed by atoms with Crippen LogP contribution in [-0.2, 0) is 10.2 Å². The van der Waals surface area contributed by atoms with E-state index in [4.69, 9.17) is 14.8 Å². The molecule has 0 aliphatic rings. The Hall–Kier alpha value is -0.490. The van der Waals surface area contributed by atoms with E-state index >= 15 is 0 Å². The molecule has 0 bridgehead atoms. The number of aliphatic hydroxyl groups is 1. The minimum Gasteiger partial charge on any atom is -0.394 e. The van der Waals surface area contributed by atoms with Crippen molar-refractivity contribution in [3.05, 3.63) is 15.6 Å². The van der Waals surface area contributed by atoms with Crippen molar-refractivity contribution in [2.24, 2.45) is 0 Å². The van der Waals surface area contributed by atoms with Crippen LogP contribution >= 0.6 is 11.3 Å². The third-order valence-corrected chi connectivity index (χ3v) is 4.78. The standard InChI is InChI=1S/C15H28N2O2S/c1-11(16-7-6-9-19-10-8-18)13-12(2)17-14(20-13)15(3,4)5/h11,16,18H,6-10H2,1-5H3. The molecule has 0 saturated carbocycles. The predicted molar refractivity (Wildman–Crippen MR) is 84.5 cm³/mol. The lowest BCUT2D eigenvalue weighted by Crippen LogP contribution is -2.21. The lowest BCUT2D eigenvalue weighted by Gasteiger charge is -2.14. The van der Waals surface area contributed by atoms with Gasteiger partial charge in [-0.05, 0) is 26.8 Å². The van der Waals surface area contributed by atoms with Gasteiger partial charge in [-0.2, -0.15) is 0 Å². The number of aromatic nitrogens is 1. The van der Waals surface area contributed by atoms with E-state index in [9.17, 15) is 0 Å². The number of rotatable bonds is 8. The van der Waals surface area contributed by atoms with Crippen LogP contribution in [0.1, 0.15) is 55.7 Å². The summed E-state index contributed by atoms with van der Waals surface area (Å²) in [6.45, 7) is 13.0. The zero-order valence-electron chi connectivity index (χ0n) is 13.3. The van der Waals surface area contributed by atoms with Crippen LogP contribution in [-0.4, -0.2) is 36.5 Å². The summed E-state index contributed by atoms with van der Waals surface area (Å²) in [5, 5.41) is 13.3. The Kier molecular flexibility index (Phi) is 7.09. The summed E-state index contributed by atoms with van der Waals surface area (Å²) in [5.74, 6) is 0. The molecule has 1 aromatic heterocycles. The Bertz CT molecular complexity index is 399. The Labute approximate surface area is 126 Å². The lowest BCUT2D eigenvalue weighted by atomic mass is 9.98. The quantitative estimate of drug-likeness (QED) is 0.725. The zero-order valence-corrected chi connectivity index (χ0v) is 14.1. The molecule has 20 heavy (non-hydrogen) atoms. The monoisotopic (exact) mass is 300 g/mol. The largest absolute Gasteiger partial charge is 0.394 e. The number of nitrogens with one attached hydrogen (secondary N) is 1. The van der Waals surface area contributed by atoms with Gasteiger partial charge in [-0.15, -0.1) is 11.3 Å². The summed E-state index contributed by atoms with van der Waals surface area (Å²) >= 11 is 1.81. The molecule has 0 aliphatic carbocycles. The molecule has 1 rings (SSSR count). The first-order valence-electron chi connectivity index (χ1n) is 7.26. The van der Waals surface area contributed by atoms with Crippen molar-refractivity contribution in [2.75, 3.05) is 26.4 Å². The topological polar surface area (TPSA) is 54.4 Å². The molecule has 0 aliphatic heterocycles.